The zero-order valence-electron chi connectivity index (χ0n) is 15.1. The highest BCUT2D eigenvalue weighted by Crippen LogP contribution is 2.08. The molecular weight excluding hydrogens is 292 g/mol. The van der Waals surface area contributed by atoms with Gasteiger partial charge in [-0.1, -0.05) is 39.0 Å². The van der Waals surface area contributed by atoms with E-state index >= 15 is 0 Å². The van der Waals surface area contributed by atoms with Crippen LogP contribution in [0.2, 0.25) is 0 Å². The molecule has 0 bridgehead atoms. The molecule has 1 amide bonds. The van der Waals surface area contributed by atoms with Crippen LogP contribution in [0.4, 0.5) is 0 Å². The van der Waals surface area contributed by atoms with Gasteiger partial charge in [0.2, 0.25) is 5.91 Å². The first-order valence-electron chi connectivity index (χ1n) is 9.25. The SMILES string of the molecule is CCCC(=O)NCCCNCCCCCCCCCC(=O)OC. The number of carbonyl (C=O) groups is 2. The second kappa shape index (κ2) is 17.3. The van der Waals surface area contributed by atoms with Crippen LogP contribution in [0.3, 0.4) is 0 Å². The number of unbranched alkanes of at least 4 members (excludes halogenated alkanes) is 6. The topological polar surface area (TPSA) is 67.4 Å². The maximum absolute atomic E-state index is 11.2. The summed E-state index contributed by atoms with van der Waals surface area (Å²) >= 11 is 0. The molecule has 0 heterocycles. The predicted molar refractivity (Wildman–Crippen MR) is 94.4 cm³/mol. The second-order valence-corrected chi connectivity index (χ2v) is 6.00. The highest BCUT2D eigenvalue weighted by atomic mass is 16.5. The summed E-state index contributed by atoms with van der Waals surface area (Å²) in [6.07, 6.45) is 11.4. The minimum absolute atomic E-state index is 0.0963. The standard InChI is InChI=1S/C18H36N2O3/c1-3-12-17(21)20-16-11-15-19-14-10-8-6-4-5-7-9-13-18(22)23-2/h19H,3-16H2,1-2H3,(H,20,21). The van der Waals surface area contributed by atoms with Crippen molar-refractivity contribution >= 4 is 11.9 Å². The van der Waals surface area contributed by atoms with E-state index in [1.54, 1.807) is 0 Å². The normalized spacial score (nSPS) is 10.5. The minimum atomic E-state index is -0.0963. The highest BCUT2D eigenvalue weighted by molar-refractivity contribution is 5.75. The van der Waals surface area contributed by atoms with Gasteiger partial charge in [-0.05, 0) is 38.8 Å². The summed E-state index contributed by atoms with van der Waals surface area (Å²) in [5.74, 6) is 0.0695. The number of hydrogen-bond acceptors (Lipinski definition) is 4. The fourth-order valence-electron chi connectivity index (χ4n) is 2.39. The molecule has 0 aromatic heterocycles. The summed E-state index contributed by atoms with van der Waals surface area (Å²) in [4.78, 5) is 22.2. The summed E-state index contributed by atoms with van der Waals surface area (Å²) in [5, 5.41) is 6.34. The third kappa shape index (κ3) is 17.1. The number of amides is 1. The molecule has 0 atom stereocenters. The molecule has 0 aromatic rings. The third-order valence-corrected chi connectivity index (χ3v) is 3.79. The average Bonchev–Trinajstić information content (AvgIpc) is 2.55. The second-order valence-electron chi connectivity index (χ2n) is 6.00. The van der Waals surface area contributed by atoms with Crippen molar-refractivity contribution in [3.05, 3.63) is 0 Å². The molecule has 0 aromatic carbocycles. The van der Waals surface area contributed by atoms with E-state index in [-0.39, 0.29) is 11.9 Å². The van der Waals surface area contributed by atoms with Crippen molar-refractivity contribution in [2.45, 2.75) is 77.6 Å². The van der Waals surface area contributed by atoms with Gasteiger partial charge in [-0.2, -0.15) is 0 Å². The molecule has 0 saturated heterocycles. The Bertz CT molecular complexity index is 296. The molecule has 0 unspecified atom stereocenters. The van der Waals surface area contributed by atoms with Crippen LogP contribution in [-0.4, -0.2) is 38.6 Å². The van der Waals surface area contributed by atoms with Crippen molar-refractivity contribution in [3.8, 4) is 0 Å². The summed E-state index contributed by atoms with van der Waals surface area (Å²) in [7, 11) is 1.44. The Balaban J connectivity index is 3.08. The van der Waals surface area contributed by atoms with Crippen LogP contribution in [0.25, 0.3) is 0 Å². The van der Waals surface area contributed by atoms with Gasteiger partial charge < -0.3 is 15.4 Å². The lowest BCUT2D eigenvalue weighted by atomic mass is 10.1. The average molecular weight is 328 g/mol. The van der Waals surface area contributed by atoms with Crippen molar-refractivity contribution in [1.82, 2.24) is 10.6 Å². The molecule has 2 N–H and O–H groups in total. The van der Waals surface area contributed by atoms with E-state index in [1.807, 2.05) is 6.92 Å². The summed E-state index contributed by atoms with van der Waals surface area (Å²) < 4.78 is 4.61. The van der Waals surface area contributed by atoms with Crippen LogP contribution < -0.4 is 10.6 Å². The fourth-order valence-corrected chi connectivity index (χ4v) is 2.39. The van der Waals surface area contributed by atoms with Gasteiger partial charge in [0.15, 0.2) is 0 Å². The third-order valence-electron chi connectivity index (χ3n) is 3.79. The van der Waals surface area contributed by atoms with Crippen LogP contribution >= 0.6 is 0 Å². The number of carbonyl (C=O) groups excluding carboxylic acids is 2. The van der Waals surface area contributed by atoms with Crippen LogP contribution in [0.15, 0.2) is 0 Å². The number of esters is 1. The predicted octanol–water partition coefficient (Wildman–Crippen LogP) is 3.18. The van der Waals surface area contributed by atoms with Gasteiger partial charge >= 0.3 is 5.97 Å². The first-order chi connectivity index (χ1) is 11.2. The lowest BCUT2D eigenvalue weighted by molar-refractivity contribution is -0.140. The number of methoxy groups -OCH3 is 1. The van der Waals surface area contributed by atoms with E-state index in [2.05, 4.69) is 15.4 Å². The summed E-state index contributed by atoms with van der Waals surface area (Å²) in [6.45, 7) is 4.83. The monoisotopic (exact) mass is 328 g/mol. The van der Waals surface area contributed by atoms with Gasteiger partial charge in [0.25, 0.3) is 0 Å². The van der Waals surface area contributed by atoms with Gasteiger partial charge in [0, 0.05) is 19.4 Å². The first kappa shape index (κ1) is 21.9. The first-order valence-corrected chi connectivity index (χ1v) is 9.25. The van der Waals surface area contributed by atoms with Crippen LogP contribution in [0, 0.1) is 0 Å². The Morgan fingerprint density at radius 3 is 2.04 bits per heavy atom. The number of nitrogens with one attached hydrogen (secondary N) is 2. The van der Waals surface area contributed by atoms with E-state index < -0.39 is 0 Å². The number of hydrogen-bond donors (Lipinski definition) is 2. The van der Waals surface area contributed by atoms with E-state index in [0.717, 1.165) is 45.3 Å². The van der Waals surface area contributed by atoms with Crippen LogP contribution in [0.1, 0.15) is 77.6 Å². The van der Waals surface area contributed by atoms with Crippen LogP contribution in [0.5, 0.6) is 0 Å². The van der Waals surface area contributed by atoms with Gasteiger partial charge in [-0.15, -0.1) is 0 Å². The molecule has 0 aliphatic heterocycles. The van der Waals surface area contributed by atoms with Crippen molar-refractivity contribution in [3.63, 3.8) is 0 Å². The quantitative estimate of drug-likeness (QED) is 0.337. The number of rotatable bonds is 16. The molecule has 0 aliphatic carbocycles. The Hall–Kier alpha value is -1.10. The van der Waals surface area contributed by atoms with E-state index in [0.29, 0.717) is 12.8 Å². The highest BCUT2D eigenvalue weighted by Gasteiger charge is 1.99. The number of ether oxygens (including phenoxy) is 1. The fraction of sp³-hybridized carbons (Fsp3) is 0.889. The Morgan fingerprint density at radius 1 is 0.783 bits per heavy atom. The molecule has 23 heavy (non-hydrogen) atoms. The molecular formula is C18H36N2O3. The zero-order valence-corrected chi connectivity index (χ0v) is 15.1. The molecule has 0 aliphatic rings. The minimum Gasteiger partial charge on any atom is -0.469 e. The smallest absolute Gasteiger partial charge is 0.305 e. The van der Waals surface area contributed by atoms with E-state index in [1.165, 1.54) is 39.2 Å². The lowest BCUT2D eigenvalue weighted by Gasteiger charge is -2.06. The Morgan fingerprint density at radius 2 is 1.39 bits per heavy atom. The maximum Gasteiger partial charge on any atom is 0.305 e. The Labute approximate surface area is 141 Å². The molecule has 0 rings (SSSR count). The van der Waals surface area contributed by atoms with Crippen molar-refractivity contribution in [2.24, 2.45) is 0 Å². The zero-order chi connectivity index (χ0) is 17.2. The molecule has 5 heteroatoms. The van der Waals surface area contributed by atoms with Gasteiger partial charge in [0.1, 0.15) is 0 Å². The summed E-state index contributed by atoms with van der Waals surface area (Å²) in [6, 6.07) is 0. The lowest BCUT2D eigenvalue weighted by Crippen LogP contribution is -2.27. The van der Waals surface area contributed by atoms with Gasteiger partial charge in [-0.25, -0.2) is 0 Å². The molecule has 0 fully saturated rings. The van der Waals surface area contributed by atoms with E-state index in [4.69, 9.17) is 0 Å². The van der Waals surface area contributed by atoms with Crippen molar-refractivity contribution < 1.29 is 14.3 Å². The molecule has 0 spiro atoms. The molecule has 5 nitrogen and oxygen atoms in total. The van der Waals surface area contributed by atoms with Crippen molar-refractivity contribution in [1.29, 1.82) is 0 Å². The molecule has 136 valence electrons. The van der Waals surface area contributed by atoms with Crippen LogP contribution in [-0.2, 0) is 14.3 Å². The van der Waals surface area contributed by atoms with Gasteiger partial charge in [0.05, 0.1) is 7.11 Å². The van der Waals surface area contributed by atoms with Gasteiger partial charge in [-0.3, -0.25) is 9.59 Å². The maximum atomic E-state index is 11.2. The van der Waals surface area contributed by atoms with Crippen molar-refractivity contribution in [2.75, 3.05) is 26.7 Å². The largest absolute Gasteiger partial charge is 0.469 e. The summed E-state index contributed by atoms with van der Waals surface area (Å²) in [5.41, 5.74) is 0. The molecule has 0 radical (unpaired) electrons. The van der Waals surface area contributed by atoms with E-state index in [9.17, 15) is 9.59 Å². The molecule has 0 saturated carbocycles. The Kier molecular flexibility index (Phi) is 16.4.